The van der Waals surface area contributed by atoms with Gasteiger partial charge in [0.15, 0.2) is 0 Å². The standard InChI is InChI=1S/C16H31O11P/c1-4-25-15(21)16(11-14(19)20,28(22,26-5-2)27-6-3)13(18)12-24-10-9-23-8-7-17/h13,17-18H,4-12H2,1-3H3,(H,19,20). The third kappa shape index (κ3) is 7.40. The molecule has 0 saturated carbocycles. The Morgan fingerprint density at radius 1 is 1.00 bits per heavy atom. The van der Waals surface area contributed by atoms with Crippen LogP contribution in [0.1, 0.15) is 27.2 Å². The number of hydrogen-bond acceptors (Lipinski definition) is 10. The number of ether oxygens (including phenoxy) is 3. The third-order valence-corrected chi connectivity index (χ3v) is 6.38. The molecule has 3 N–H and O–H groups in total. The topological polar surface area (TPSA) is 158 Å². The quantitative estimate of drug-likeness (QED) is 0.167. The van der Waals surface area contributed by atoms with Crippen LogP contribution in [0.5, 0.6) is 0 Å². The molecule has 0 fully saturated rings. The molecule has 166 valence electrons. The van der Waals surface area contributed by atoms with E-state index in [1.807, 2.05) is 0 Å². The van der Waals surface area contributed by atoms with E-state index in [0.717, 1.165) is 0 Å². The Kier molecular flexibility index (Phi) is 13.5. The first-order chi connectivity index (χ1) is 13.3. The first kappa shape index (κ1) is 26.9. The van der Waals surface area contributed by atoms with Crippen LogP contribution in [-0.4, -0.2) is 91.4 Å². The van der Waals surface area contributed by atoms with E-state index >= 15 is 0 Å². The second-order valence-corrected chi connectivity index (χ2v) is 7.78. The minimum atomic E-state index is -4.47. The molecule has 0 radical (unpaired) electrons. The summed E-state index contributed by atoms with van der Waals surface area (Å²) in [6.45, 7) is 3.48. The number of carbonyl (C=O) groups is 2. The first-order valence-electron chi connectivity index (χ1n) is 8.98. The Balaban J connectivity index is 5.79. The molecule has 28 heavy (non-hydrogen) atoms. The Hall–Kier alpha value is -1.07. The van der Waals surface area contributed by atoms with Gasteiger partial charge < -0.3 is 38.6 Å². The van der Waals surface area contributed by atoms with Crippen LogP contribution < -0.4 is 0 Å². The van der Waals surface area contributed by atoms with E-state index in [9.17, 15) is 24.4 Å². The van der Waals surface area contributed by atoms with Crippen molar-refractivity contribution in [1.29, 1.82) is 0 Å². The Labute approximate surface area is 164 Å². The van der Waals surface area contributed by atoms with E-state index in [2.05, 4.69) is 0 Å². The normalized spacial score (nSPS) is 15.0. The van der Waals surface area contributed by atoms with Gasteiger partial charge in [0.1, 0.15) is 6.10 Å². The summed E-state index contributed by atoms with van der Waals surface area (Å²) < 4.78 is 38.9. The van der Waals surface area contributed by atoms with Crippen LogP contribution in [0.15, 0.2) is 0 Å². The third-order valence-electron chi connectivity index (χ3n) is 3.57. The van der Waals surface area contributed by atoms with Crippen LogP contribution in [0.2, 0.25) is 0 Å². The van der Waals surface area contributed by atoms with Gasteiger partial charge in [-0.15, -0.1) is 0 Å². The highest BCUT2D eigenvalue weighted by Gasteiger charge is 2.64. The van der Waals surface area contributed by atoms with Gasteiger partial charge in [0.25, 0.3) is 0 Å². The lowest BCUT2D eigenvalue weighted by atomic mass is 9.97. The van der Waals surface area contributed by atoms with Crippen molar-refractivity contribution in [1.82, 2.24) is 0 Å². The lowest BCUT2D eigenvalue weighted by Gasteiger charge is -2.38. The number of carboxylic acids is 1. The monoisotopic (exact) mass is 430 g/mol. The molecular formula is C16H31O11P. The molecular weight excluding hydrogens is 399 g/mol. The number of aliphatic hydroxyl groups is 2. The van der Waals surface area contributed by atoms with E-state index in [-0.39, 0.29) is 46.2 Å². The van der Waals surface area contributed by atoms with Crippen LogP contribution in [0, 0.1) is 0 Å². The van der Waals surface area contributed by atoms with Crippen LogP contribution in [0.25, 0.3) is 0 Å². The van der Waals surface area contributed by atoms with Crippen LogP contribution >= 0.6 is 7.60 Å². The highest BCUT2D eigenvalue weighted by Crippen LogP contribution is 2.63. The Morgan fingerprint density at radius 3 is 2.04 bits per heavy atom. The maximum atomic E-state index is 13.4. The predicted octanol–water partition coefficient (Wildman–Crippen LogP) is 0.416. The summed E-state index contributed by atoms with van der Waals surface area (Å²) in [6, 6.07) is 0. The summed E-state index contributed by atoms with van der Waals surface area (Å²) in [5.41, 5.74) is 0. The number of aliphatic carboxylic acids is 1. The maximum Gasteiger partial charge on any atom is 0.351 e. The zero-order valence-electron chi connectivity index (χ0n) is 16.5. The number of aliphatic hydroxyl groups excluding tert-OH is 2. The largest absolute Gasteiger partial charge is 0.481 e. The zero-order chi connectivity index (χ0) is 21.6. The van der Waals surface area contributed by atoms with E-state index in [0.29, 0.717) is 0 Å². The number of esters is 1. The van der Waals surface area contributed by atoms with Crippen LogP contribution in [0.3, 0.4) is 0 Å². The van der Waals surface area contributed by atoms with E-state index in [1.54, 1.807) is 0 Å². The fourth-order valence-electron chi connectivity index (χ4n) is 2.43. The summed E-state index contributed by atoms with van der Waals surface area (Å²) in [5, 5.41) is 26.2. The molecule has 11 nitrogen and oxygen atoms in total. The van der Waals surface area contributed by atoms with Crippen LogP contribution in [-0.2, 0) is 37.4 Å². The minimum Gasteiger partial charge on any atom is -0.481 e. The molecule has 0 spiro atoms. The summed E-state index contributed by atoms with van der Waals surface area (Å²) in [7, 11) is -4.47. The van der Waals surface area contributed by atoms with E-state index in [4.69, 9.17) is 28.4 Å². The Morgan fingerprint density at radius 2 is 1.57 bits per heavy atom. The highest BCUT2D eigenvalue weighted by molar-refractivity contribution is 7.57. The van der Waals surface area contributed by atoms with Gasteiger partial charge >= 0.3 is 19.5 Å². The van der Waals surface area contributed by atoms with Gasteiger partial charge in [-0.05, 0) is 20.8 Å². The van der Waals surface area contributed by atoms with Gasteiger partial charge in [-0.2, -0.15) is 0 Å². The average molecular weight is 430 g/mol. The van der Waals surface area contributed by atoms with Gasteiger partial charge in [-0.3, -0.25) is 14.2 Å². The lowest BCUT2D eigenvalue weighted by molar-refractivity contribution is -0.157. The maximum absolute atomic E-state index is 13.4. The summed E-state index contributed by atoms with van der Waals surface area (Å²) in [6.07, 6.45) is -2.90. The number of hydrogen-bond donors (Lipinski definition) is 3. The fraction of sp³-hybridized carbons (Fsp3) is 0.875. The summed E-state index contributed by atoms with van der Waals surface area (Å²) in [4.78, 5) is 24.2. The van der Waals surface area contributed by atoms with Gasteiger partial charge in [0, 0.05) is 0 Å². The van der Waals surface area contributed by atoms with E-state index < -0.39 is 43.8 Å². The molecule has 0 saturated heterocycles. The molecule has 0 heterocycles. The van der Waals surface area contributed by atoms with Crippen molar-refractivity contribution < 1.29 is 52.7 Å². The van der Waals surface area contributed by atoms with Gasteiger partial charge in [-0.1, -0.05) is 0 Å². The van der Waals surface area contributed by atoms with Gasteiger partial charge in [0.2, 0.25) is 5.16 Å². The first-order valence-corrected chi connectivity index (χ1v) is 10.5. The van der Waals surface area contributed by atoms with Crippen molar-refractivity contribution in [2.24, 2.45) is 0 Å². The predicted molar refractivity (Wildman–Crippen MR) is 97.2 cm³/mol. The fourth-order valence-corrected chi connectivity index (χ4v) is 4.70. The average Bonchev–Trinajstić information content (AvgIpc) is 2.62. The molecule has 2 unspecified atom stereocenters. The highest BCUT2D eigenvalue weighted by atomic mass is 31.2. The van der Waals surface area contributed by atoms with Crippen molar-refractivity contribution >= 4 is 19.5 Å². The number of carbonyl (C=O) groups excluding carboxylic acids is 1. The second kappa shape index (κ2) is 14.0. The lowest BCUT2D eigenvalue weighted by Crippen LogP contribution is -2.54. The van der Waals surface area contributed by atoms with Crippen molar-refractivity contribution in [3.63, 3.8) is 0 Å². The molecule has 0 bridgehead atoms. The molecule has 0 aliphatic heterocycles. The molecule has 0 aliphatic rings. The summed E-state index contributed by atoms with van der Waals surface area (Å²) >= 11 is 0. The number of rotatable bonds is 17. The zero-order valence-corrected chi connectivity index (χ0v) is 17.4. The minimum absolute atomic E-state index is 0.0173. The van der Waals surface area contributed by atoms with Crippen LogP contribution in [0.4, 0.5) is 0 Å². The molecule has 2 atom stereocenters. The van der Waals surface area contributed by atoms with Crippen molar-refractivity contribution in [2.75, 3.05) is 52.9 Å². The van der Waals surface area contributed by atoms with Crippen molar-refractivity contribution in [3.8, 4) is 0 Å². The number of carboxylic acid groups (broad SMARTS) is 1. The smallest absolute Gasteiger partial charge is 0.351 e. The summed E-state index contributed by atoms with van der Waals surface area (Å²) in [5.74, 6) is -2.71. The SMILES string of the molecule is CCOC(=O)C(CC(=O)O)(C(O)COCCOCCO)P(=O)(OCC)OCC. The second-order valence-electron chi connectivity index (χ2n) is 5.47. The van der Waals surface area contributed by atoms with Crippen molar-refractivity contribution in [2.45, 2.75) is 38.5 Å². The van der Waals surface area contributed by atoms with Crippen molar-refractivity contribution in [3.05, 3.63) is 0 Å². The molecule has 0 rings (SSSR count). The molecule has 0 aromatic carbocycles. The molecule has 0 amide bonds. The molecule has 0 aromatic rings. The molecule has 0 aromatic heterocycles. The van der Waals surface area contributed by atoms with Gasteiger partial charge in [0.05, 0.1) is 59.3 Å². The molecule has 12 heteroatoms. The molecule has 0 aliphatic carbocycles. The van der Waals surface area contributed by atoms with Gasteiger partial charge in [-0.25, -0.2) is 0 Å². The van der Waals surface area contributed by atoms with E-state index in [1.165, 1.54) is 20.8 Å². The Bertz CT molecular complexity index is 503.